The number of rotatable bonds is 6. The zero-order chi connectivity index (χ0) is 14.6. The Morgan fingerprint density at radius 2 is 1.95 bits per heavy atom. The number of benzene rings is 1. The second kappa shape index (κ2) is 6.57. The molecule has 0 aliphatic carbocycles. The maximum Gasteiger partial charge on any atom is 0.308 e. The average Bonchev–Trinajstić information content (AvgIpc) is 2.39. The van der Waals surface area contributed by atoms with Crippen LogP contribution in [-0.4, -0.2) is 25.2 Å². The highest BCUT2D eigenvalue weighted by atomic mass is 16.5. The molecule has 2 N–H and O–H groups in total. The lowest BCUT2D eigenvalue weighted by molar-refractivity contribution is -0.142. The molecular formula is C15H23NO3. The maximum absolute atomic E-state index is 11.2. The van der Waals surface area contributed by atoms with Crippen molar-refractivity contribution in [2.24, 2.45) is 5.92 Å². The number of methoxy groups -OCH3 is 1. The second-order valence-electron chi connectivity index (χ2n) is 5.05. The number of hydrogen-bond donors (Lipinski definition) is 2. The first-order chi connectivity index (χ1) is 8.92. The monoisotopic (exact) mass is 265 g/mol. The van der Waals surface area contributed by atoms with Crippen molar-refractivity contribution >= 4 is 5.97 Å². The van der Waals surface area contributed by atoms with E-state index in [9.17, 15) is 4.79 Å². The summed E-state index contributed by atoms with van der Waals surface area (Å²) in [6, 6.07) is 5.65. The number of nitrogens with one attached hydrogen (secondary N) is 1. The molecule has 0 saturated heterocycles. The van der Waals surface area contributed by atoms with E-state index < -0.39 is 11.9 Å². The Morgan fingerprint density at radius 1 is 1.32 bits per heavy atom. The lowest BCUT2D eigenvalue weighted by Gasteiger charge is -2.23. The van der Waals surface area contributed by atoms with Gasteiger partial charge in [0, 0.05) is 6.04 Å². The minimum atomic E-state index is -0.804. The molecule has 0 saturated carbocycles. The fraction of sp³-hybridized carbons (Fsp3) is 0.533. The summed E-state index contributed by atoms with van der Waals surface area (Å²) < 4.78 is 5.35. The van der Waals surface area contributed by atoms with Crippen molar-refractivity contribution in [3.05, 3.63) is 29.3 Å². The summed E-state index contributed by atoms with van der Waals surface area (Å²) in [5.41, 5.74) is 2.07. The van der Waals surface area contributed by atoms with Gasteiger partial charge in [-0.05, 0) is 30.2 Å². The van der Waals surface area contributed by atoms with Gasteiger partial charge in [-0.2, -0.15) is 0 Å². The summed E-state index contributed by atoms with van der Waals surface area (Å²) >= 11 is 0. The van der Waals surface area contributed by atoms with Gasteiger partial charge in [-0.15, -0.1) is 0 Å². The van der Waals surface area contributed by atoms with E-state index in [1.807, 2.05) is 18.2 Å². The molecule has 4 nitrogen and oxygen atoms in total. The first-order valence-electron chi connectivity index (χ1n) is 6.50. The standard InChI is InChI=1S/C15H23NO3/c1-9(2)12-8-11(6-7-13(12)19-5)14(16-4)10(3)15(17)18/h6-10,14,16H,1-5H3,(H,17,18). The zero-order valence-electron chi connectivity index (χ0n) is 12.2. The third-order valence-electron chi connectivity index (χ3n) is 3.44. The average molecular weight is 265 g/mol. The lowest BCUT2D eigenvalue weighted by Crippen LogP contribution is -2.28. The molecule has 1 rings (SSSR count). The minimum absolute atomic E-state index is 0.207. The molecule has 0 heterocycles. The van der Waals surface area contributed by atoms with Crippen molar-refractivity contribution in [3.8, 4) is 5.75 Å². The highest BCUT2D eigenvalue weighted by molar-refractivity contribution is 5.70. The summed E-state index contributed by atoms with van der Waals surface area (Å²) in [4.78, 5) is 11.2. The van der Waals surface area contributed by atoms with Crippen molar-refractivity contribution in [2.75, 3.05) is 14.2 Å². The summed E-state index contributed by atoms with van der Waals surface area (Å²) in [5.74, 6) is -0.121. The van der Waals surface area contributed by atoms with Gasteiger partial charge in [0.15, 0.2) is 0 Å². The van der Waals surface area contributed by atoms with Crippen LogP contribution in [-0.2, 0) is 4.79 Å². The predicted octanol–water partition coefficient (Wildman–Crippen LogP) is 2.80. The predicted molar refractivity (Wildman–Crippen MR) is 75.7 cm³/mol. The van der Waals surface area contributed by atoms with Crippen molar-refractivity contribution < 1.29 is 14.6 Å². The smallest absolute Gasteiger partial charge is 0.308 e. The van der Waals surface area contributed by atoms with Gasteiger partial charge in [-0.1, -0.05) is 32.9 Å². The van der Waals surface area contributed by atoms with Crippen molar-refractivity contribution in [1.82, 2.24) is 5.32 Å². The van der Waals surface area contributed by atoms with Gasteiger partial charge < -0.3 is 15.2 Å². The Labute approximate surface area is 114 Å². The molecule has 106 valence electrons. The Bertz CT molecular complexity index is 443. The molecule has 0 fully saturated rings. The first kappa shape index (κ1) is 15.5. The van der Waals surface area contributed by atoms with E-state index in [0.717, 1.165) is 16.9 Å². The molecule has 0 spiro atoms. The Morgan fingerprint density at radius 3 is 2.37 bits per heavy atom. The summed E-state index contributed by atoms with van der Waals surface area (Å²) in [6.45, 7) is 5.90. The van der Waals surface area contributed by atoms with E-state index in [-0.39, 0.29) is 6.04 Å². The molecule has 2 unspecified atom stereocenters. The van der Waals surface area contributed by atoms with E-state index in [4.69, 9.17) is 9.84 Å². The number of ether oxygens (including phenoxy) is 1. The van der Waals surface area contributed by atoms with E-state index in [2.05, 4.69) is 19.2 Å². The van der Waals surface area contributed by atoms with Gasteiger partial charge in [-0.25, -0.2) is 0 Å². The van der Waals surface area contributed by atoms with Crippen LogP contribution in [0.3, 0.4) is 0 Å². The molecule has 19 heavy (non-hydrogen) atoms. The van der Waals surface area contributed by atoms with Gasteiger partial charge in [0.2, 0.25) is 0 Å². The topological polar surface area (TPSA) is 58.6 Å². The summed E-state index contributed by atoms with van der Waals surface area (Å²) in [7, 11) is 3.43. The van der Waals surface area contributed by atoms with Crippen LogP contribution in [0.4, 0.5) is 0 Å². The fourth-order valence-electron chi connectivity index (χ4n) is 2.25. The van der Waals surface area contributed by atoms with Crippen molar-refractivity contribution in [1.29, 1.82) is 0 Å². The quantitative estimate of drug-likeness (QED) is 0.830. The highest BCUT2D eigenvalue weighted by Gasteiger charge is 2.24. The van der Waals surface area contributed by atoms with Crippen LogP contribution in [0.5, 0.6) is 5.75 Å². The largest absolute Gasteiger partial charge is 0.496 e. The van der Waals surface area contributed by atoms with E-state index in [0.29, 0.717) is 5.92 Å². The molecular weight excluding hydrogens is 242 g/mol. The van der Waals surface area contributed by atoms with Crippen LogP contribution in [0.2, 0.25) is 0 Å². The van der Waals surface area contributed by atoms with Gasteiger partial charge >= 0.3 is 5.97 Å². The van der Waals surface area contributed by atoms with E-state index >= 15 is 0 Å². The molecule has 0 bridgehead atoms. The van der Waals surface area contributed by atoms with Crippen LogP contribution in [0, 0.1) is 5.92 Å². The molecule has 0 amide bonds. The van der Waals surface area contributed by atoms with Crippen LogP contribution in [0.15, 0.2) is 18.2 Å². The summed E-state index contributed by atoms with van der Waals surface area (Å²) in [6.07, 6.45) is 0. The van der Waals surface area contributed by atoms with Crippen LogP contribution < -0.4 is 10.1 Å². The van der Waals surface area contributed by atoms with Gasteiger partial charge in [0.25, 0.3) is 0 Å². The molecule has 1 aromatic rings. The number of carbonyl (C=O) groups is 1. The highest BCUT2D eigenvalue weighted by Crippen LogP contribution is 2.31. The first-order valence-corrected chi connectivity index (χ1v) is 6.50. The lowest BCUT2D eigenvalue weighted by atomic mass is 9.91. The Kier molecular flexibility index (Phi) is 5.36. The molecule has 2 atom stereocenters. The van der Waals surface area contributed by atoms with Crippen LogP contribution in [0.25, 0.3) is 0 Å². The van der Waals surface area contributed by atoms with E-state index in [1.54, 1.807) is 21.1 Å². The maximum atomic E-state index is 11.2. The number of aliphatic carboxylic acids is 1. The van der Waals surface area contributed by atoms with Gasteiger partial charge in [0.05, 0.1) is 13.0 Å². The third kappa shape index (κ3) is 3.47. The van der Waals surface area contributed by atoms with Crippen molar-refractivity contribution in [3.63, 3.8) is 0 Å². The third-order valence-corrected chi connectivity index (χ3v) is 3.44. The van der Waals surface area contributed by atoms with Crippen LogP contribution in [0.1, 0.15) is 43.9 Å². The van der Waals surface area contributed by atoms with Gasteiger partial charge in [-0.3, -0.25) is 4.79 Å². The summed E-state index contributed by atoms with van der Waals surface area (Å²) in [5, 5.41) is 12.2. The van der Waals surface area contributed by atoms with Crippen molar-refractivity contribution in [2.45, 2.75) is 32.7 Å². The Balaban J connectivity index is 3.19. The number of hydrogen-bond acceptors (Lipinski definition) is 3. The normalized spacial score (nSPS) is 14.2. The number of carboxylic acid groups (broad SMARTS) is 1. The molecule has 0 aromatic heterocycles. The minimum Gasteiger partial charge on any atom is -0.496 e. The van der Waals surface area contributed by atoms with Gasteiger partial charge in [0.1, 0.15) is 5.75 Å². The molecule has 1 aromatic carbocycles. The SMILES string of the molecule is CNC(c1ccc(OC)c(C(C)C)c1)C(C)C(=O)O. The van der Waals surface area contributed by atoms with Crippen LogP contribution >= 0.6 is 0 Å². The Hall–Kier alpha value is -1.55. The number of carboxylic acids is 1. The molecule has 0 aliphatic heterocycles. The fourth-order valence-corrected chi connectivity index (χ4v) is 2.25. The zero-order valence-corrected chi connectivity index (χ0v) is 12.2. The molecule has 0 radical (unpaired) electrons. The second-order valence-corrected chi connectivity index (χ2v) is 5.05. The molecule has 4 heteroatoms. The van der Waals surface area contributed by atoms with E-state index in [1.165, 1.54) is 0 Å². The molecule has 0 aliphatic rings.